The van der Waals surface area contributed by atoms with Crippen LogP contribution < -0.4 is 10.1 Å². The van der Waals surface area contributed by atoms with E-state index < -0.39 is 11.7 Å². The standard InChI is InChI=1S/C16H18F3N3OS/c1-4-11-9-21-15(24-3)22-14(11)20-8-10-5-6-13(23-2)12(7-10)16(17,18)19/h5-7,9H,4,8H2,1-3H3,(H,20,21,22). The Hall–Kier alpha value is -1.96. The fraction of sp³-hybridized carbons (Fsp3) is 0.375. The highest BCUT2D eigenvalue weighted by Gasteiger charge is 2.34. The van der Waals surface area contributed by atoms with Crippen LogP contribution in [0.4, 0.5) is 19.0 Å². The van der Waals surface area contributed by atoms with Crippen LogP contribution in [0.5, 0.6) is 5.75 Å². The van der Waals surface area contributed by atoms with Crippen LogP contribution in [0.1, 0.15) is 23.6 Å². The van der Waals surface area contributed by atoms with Crippen molar-refractivity contribution in [1.82, 2.24) is 9.97 Å². The van der Waals surface area contributed by atoms with Gasteiger partial charge in [0.2, 0.25) is 0 Å². The van der Waals surface area contributed by atoms with Crippen molar-refractivity contribution in [2.75, 3.05) is 18.7 Å². The number of anilines is 1. The van der Waals surface area contributed by atoms with Crippen molar-refractivity contribution in [3.63, 3.8) is 0 Å². The maximum absolute atomic E-state index is 13.1. The fourth-order valence-electron chi connectivity index (χ4n) is 2.17. The number of alkyl halides is 3. The largest absolute Gasteiger partial charge is 0.496 e. The average molecular weight is 357 g/mol. The van der Waals surface area contributed by atoms with E-state index in [9.17, 15) is 13.2 Å². The highest BCUT2D eigenvalue weighted by molar-refractivity contribution is 7.98. The van der Waals surface area contributed by atoms with Gasteiger partial charge in [0, 0.05) is 18.3 Å². The van der Waals surface area contributed by atoms with Gasteiger partial charge in [-0.15, -0.1) is 0 Å². The first-order valence-corrected chi connectivity index (χ1v) is 8.49. The number of halogens is 3. The van der Waals surface area contributed by atoms with Crippen molar-refractivity contribution in [2.45, 2.75) is 31.2 Å². The molecule has 0 saturated carbocycles. The lowest BCUT2D eigenvalue weighted by atomic mass is 10.1. The van der Waals surface area contributed by atoms with Crippen LogP contribution in [0.2, 0.25) is 0 Å². The molecule has 0 radical (unpaired) electrons. The van der Waals surface area contributed by atoms with E-state index >= 15 is 0 Å². The van der Waals surface area contributed by atoms with Gasteiger partial charge in [-0.25, -0.2) is 9.97 Å². The minimum absolute atomic E-state index is 0.188. The maximum atomic E-state index is 13.1. The minimum atomic E-state index is -4.46. The second kappa shape index (κ2) is 7.74. The molecule has 0 amide bonds. The Morgan fingerprint density at radius 2 is 2.04 bits per heavy atom. The molecule has 24 heavy (non-hydrogen) atoms. The Kier molecular flexibility index (Phi) is 5.93. The third-order valence-electron chi connectivity index (χ3n) is 3.44. The lowest BCUT2D eigenvalue weighted by Gasteiger charge is -2.15. The van der Waals surface area contributed by atoms with E-state index in [0.29, 0.717) is 16.5 Å². The molecule has 0 spiro atoms. The second-order valence-corrected chi connectivity index (χ2v) is 5.74. The predicted molar refractivity (Wildman–Crippen MR) is 88.5 cm³/mol. The molecule has 0 atom stereocenters. The van der Waals surface area contributed by atoms with Gasteiger partial charge in [0.15, 0.2) is 5.16 Å². The Bertz CT molecular complexity index is 707. The number of thioether (sulfide) groups is 1. The van der Waals surface area contributed by atoms with E-state index in [4.69, 9.17) is 4.74 Å². The number of hydrogen-bond acceptors (Lipinski definition) is 5. The normalized spacial score (nSPS) is 11.4. The summed E-state index contributed by atoms with van der Waals surface area (Å²) >= 11 is 1.41. The third-order valence-corrected chi connectivity index (χ3v) is 4.00. The molecule has 1 N–H and O–H groups in total. The number of nitrogens with zero attached hydrogens (tertiary/aromatic N) is 2. The first kappa shape index (κ1) is 18.4. The van der Waals surface area contributed by atoms with Gasteiger partial charge in [-0.1, -0.05) is 24.8 Å². The molecule has 0 fully saturated rings. The van der Waals surface area contributed by atoms with Crippen molar-refractivity contribution < 1.29 is 17.9 Å². The summed E-state index contributed by atoms with van der Waals surface area (Å²) in [6.07, 6.45) is -0.135. The molecule has 0 bridgehead atoms. The summed E-state index contributed by atoms with van der Waals surface area (Å²) in [7, 11) is 1.22. The van der Waals surface area contributed by atoms with Crippen LogP contribution >= 0.6 is 11.8 Å². The number of hydrogen-bond donors (Lipinski definition) is 1. The monoisotopic (exact) mass is 357 g/mol. The van der Waals surface area contributed by atoms with Crippen molar-refractivity contribution in [1.29, 1.82) is 0 Å². The van der Waals surface area contributed by atoms with E-state index in [2.05, 4.69) is 15.3 Å². The number of rotatable bonds is 6. The molecule has 0 aliphatic heterocycles. The molecule has 1 aromatic heterocycles. The van der Waals surface area contributed by atoms with Gasteiger partial charge >= 0.3 is 6.18 Å². The maximum Gasteiger partial charge on any atom is 0.419 e. The number of ether oxygens (including phenoxy) is 1. The SMILES string of the molecule is CCc1cnc(SC)nc1NCc1ccc(OC)c(C(F)(F)F)c1. The Labute approximate surface area is 142 Å². The van der Waals surface area contributed by atoms with Gasteiger partial charge in [-0.05, 0) is 30.4 Å². The summed E-state index contributed by atoms with van der Waals surface area (Å²) in [5.74, 6) is 0.452. The summed E-state index contributed by atoms with van der Waals surface area (Å²) in [5.41, 5.74) is 0.624. The minimum Gasteiger partial charge on any atom is -0.496 e. The summed E-state index contributed by atoms with van der Waals surface area (Å²) in [6, 6.07) is 4.02. The van der Waals surface area contributed by atoms with Crippen LogP contribution in [0, 0.1) is 0 Å². The number of methoxy groups -OCH3 is 1. The zero-order chi connectivity index (χ0) is 17.7. The van der Waals surface area contributed by atoms with Crippen LogP contribution in [0.3, 0.4) is 0 Å². The van der Waals surface area contributed by atoms with Gasteiger partial charge in [0.05, 0.1) is 12.7 Å². The molecule has 8 heteroatoms. The molecule has 0 aliphatic rings. The molecule has 0 unspecified atom stereocenters. The van der Waals surface area contributed by atoms with E-state index in [1.54, 1.807) is 12.3 Å². The van der Waals surface area contributed by atoms with Crippen LogP contribution in [0.15, 0.2) is 29.6 Å². The Morgan fingerprint density at radius 3 is 2.62 bits per heavy atom. The van der Waals surface area contributed by atoms with Crippen molar-refractivity contribution in [2.24, 2.45) is 0 Å². The van der Waals surface area contributed by atoms with Gasteiger partial charge in [0.1, 0.15) is 11.6 Å². The topological polar surface area (TPSA) is 47.0 Å². The summed E-state index contributed by atoms with van der Waals surface area (Å²) in [5, 5.41) is 3.71. The highest BCUT2D eigenvalue weighted by Crippen LogP contribution is 2.36. The first-order chi connectivity index (χ1) is 11.4. The molecular formula is C16H18F3N3OS. The van der Waals surface area contributed by atoms with E-state index in [1.165, 1.54) is 24.9 Å². The summed E-state index contributed by atoms with van der Waals surface area (Å²) in [4.78, 5) is 8.58. The number of nitrogens with one attached hydrogen (secondary N) is 1. The lowest BCUT2D eigenvalue weighted by Crippen LogP contribution is -2.10. The van der Waals surface area contributed by atoms with Crippen molar-refractivity contribution in [3.8, 4) is 5.75 Å². The van der Waals surface area contributed by atoms with Gasteiger partial charge in [-0.2, -0.15) is 13.2 Å². The molecule has 4 nitrogen and oxygen atoms in total. The number of benzene rings is 1. The number of aromatic nitrogens is 2. The van der Waals surface area contributed by atoms with E-state index in [-0.39, 0.29) is 12.3 Å². The molecule has 0 saturated heterocycles. The number of aryl methyl sites for hydroxylation is 1. The average Bonchev–Trinajstić information content (AvgIpc) is 2.58. The molecule has 2 rings (SSSR count). The predicted octanol–water partition coefficient (Wildman–Crippen LogP) is 4.40. The smallest absolute Gasteiger partial charge is 0.419 e. The molecule has 0 aliphatic carbocycles. The van der Waals surface area contributed by atoms with E-state index in [0.717, 1.165) is 18.1 Å². The lowest BCUT2D eigenvalue weighted by molar-refractivity contribution is -0.138. The van der Waals surface area contributed by atoms with Crippen LogP contribution in [-0.4, -0.2) is 23.3 Å². The van der Waals surface area contributed by atoms with Gasteiger partial charge in [0.25, 0.3) is 0 Å². The molecular weight excluding hydrogens is 339 g/mol. The second-order valence-electron chi connectivity index (χ2n) is 4.97. The summed E-state index contributed by atoms with van der Waals surface area (Å²) < 4.78 is 44.0. The fourth-order valence-corrected chi connectivity index (χ4v) is 2.51. The Balaban J connectivity index is 2.24. The quantitative estimate of drug-likeness (QED) is 0.613. The van der Waals surface area contributed by atoms with Crippen LogP contribution in [-0.2, 0) is 19.1 Å². The Morgan fingerprint density at radius 1 is 1.29 bits per heavy atom. The van der Waals surface area contributed by atoms with Crippen molar-refractivity contribution >= 4 is 17.6 Å². The first-order valence-electron chi connectivity index (χ1n) is 7.27. The van der Waals surface area contributed by atoms with E-state index in [1.807, 2.05) is 13.2 Å². The zero-order valence-electron chi connectivity index (χ0n) is 13.6. The molecule has 1 heterocycles. The van der Waals surface area contributed by atoms with Gasteiger partial charge in [-0.3, -0.25) is 0 Å². The zero-order valence-corrected chi connectivity index (χ0v) is 14.4. The highest BCUT2D eigenvalue weighted by atomic mass is 32.2. The van der Waals surface area contributed by atoms with Crippen LogP contribution in [0.25, 0.3) is 0 Å². The third kappa shape index (κ3) is 4.31. The molecule has 1 aromatic carbocycles. The van der Waals surface area contributed by atoms with Crippen molar-refractivity contribution in [3.05, 3.63) is 41.1 Å². The molecule has 130 valence electrons. The molecule has 2 aromatic rings. The summed E-state index contributed by atoms with van der Waals surface area (Å²) in [6.45, 7) is 2.20. The van der Waals surface area contributed by atoms with Gasteiger partial charge < -0.3 is 10.1 Å².